The molecule has 1 saturated heterocycles. The molecular formula is C21H21FN6. The van der Waals surface area contributed by atoms with Crippen LogP contribution >= 0.6 is 0 Å². The first-order chi connectivity index (χ1) is 13.7. The lowest BCUT2D eigenvalue weighted by Crippen LogP contribution is -2.42. The van der Waals surface area contributed by atoms with Gasteiger partial charge in [-0.25, -0.2) is 9.37 Å². The van der Waals surface area contributed by atoms with Gasteiger partial charge in [-0.3, -0.25) is 9.88 Å². The second kappa shape index (κ2) is 6.85. The maximum Gasteiger partial charge on any atom is 0.142 e. The van der Waals surface area contributed by atoms with Crippen LogP contribution in [0.25, 0.3) is 33.3 Å². The van der Waals surface area contributed by atoms with E-state index in [1.54, 1.807) is 18.3 Å². The van der Waals surface area contributed by atoms with Crippen LogP contribution in [0.15, 0.2) is 42.6 Å². The molecule has 2 aromatic heterocycles. The van der Waals surface area contributed by atoms with Crippen molar-refractivity contribution >= 4 is 27.6 Å². The minimum atomic E-state index is -0.376. The van der Waals surface area contributed by atoms with E-state index >= 15 is 0 Å². The van der Waals surface area contributed by atoms with E-state index in [-0.39, 0.29) is 5.82 Å². The molecule has 6 nitrogen and oxygen atoms in total. The van der Waals surface area contributed by atoms with Gasteiger partial charge in [-0.05, 0) is 29.8 Å². The zero-order chi connectivity index (χ0) is 19.1. The number of anilines is 1. The maximum atomic E-state index is 14.3. The molecule has 0 radical (unpaired) electrons. The molecule has 3 heterocycles. The fourth-order valence-electron chi connectivity index (χ4n) is 3.82. The van der Waals surface area contributed by atoms with Gasteiger partial charge in [0.1, 0.15) is 11.6 Å². The first kappa shape index (κ1) is 17.1. The SMILES string of the molecule is Nc1c(-c2nc3ccc(CN4CCNCC4)cc3[nH]2)cnc2cccc(F)c12. The number of H-pyrrole nitrogens is 1. The Morgan fingerprint density at radius 2 is 1.96 bits per heavy atom. The number of imidazole rings is 1. The normalized spacial score (nSPS) is 15.5. The average Bonchev–Trinajstić information content (AvgIpc) is 3.12. The lowest BCUT2D eigenvalue weighted by atomic mass is 10.1. The van der Waals surface area contributed by atoms with Gasteiger partial charge in [0.25, 0.3) is 0 Å². The van der Waals surface area contributed by atoms with Gasteiger partial charge in [0.05, 0.1) is 33.2 Å². The van der Waals surface area contributed by atoms with Gasteiger partial charge in [-0.1, -0.05) is 12.1 Å². The van der Waals surface area contributed by atoms with E-state index in [4.69, 9.17) is 5.73 Å². The molecule has 2 aromatic carbocycles. The molecule has 5 rings (SSSR count). The predicted octanol–water partition coefficient (Wildman–Crippen LogP) is 2.90. The van der Waals surface area contributed by atoms with Crippen LogP contribution in [-0.4, -0.2) is 46.0 Å². The summed E-state index contributed by atoms with van der Waals surface area (Å²) in [7, 11) is 0. The summed E-state index contributed by atoms with van der Waals surface area (Å²) in [6, 6.07) is 11.0. The average molecular weight is 376 g/mol. The van der Waals surface area contributed by atoms with Crippen LogP contribution in [0.1, 0.15) is 5.56 Å². The summed E-state index contributed by atoms with van der Waals surface area (Å²) in [6.45, 7) is 5.08. The zero-order valence-corrected chi connectivity index (χ0v) is 15.4. The van der Waals surface area contributed by atoms with E-state index < -0.39 is 0 Å². The van der Waals surface area contributed by atoms with Crippen molar-refractivity contribution in [1.82, 2.24) is 25.2 Å². The Morgan fingerprint density at radius 1 is 1.11 bits per heavy atom. The Morgan fingerprint density at radius 3 is 2.82 bits per heavy atom. The number of nitrogens with two attached hydrogens (primary N) is 1. The molecule has 0 unspecified atom stereocenters. The number of aromatic amines is 1. The van der Waals surface area contributed by atoms with E-state index in [9.17, 15) is 4.39 Å². The first-order valence-electron chi connectivity index (χ1n) is 9.44. The van der Waals surface area contributed by atoms with Crippen LogP contribution in [0.4, 0.5) is 10.1 Å². The third kappa shape index (κ3) is 2.98. The van der Waals surface area contributed by atoms with Crippen molar-refractivity contribution in [3.05, 3.63) is 54.0 Å². The first-order valence-corrected chi connectivity index (χ1v) is 9.44. The molecule has 1 aliphatic rings. The molecule has 4 N–H and O–H groups in total. The van der Waals surface area contributed by atoms with Gasteiger partial charge in [-0.15, -0.1) is 0 Å². The number of pyridine rings is 1. The highest BCUT2D eigenvalue weighted by atomic mass is 19.1. The third-order valence-corrected chi connectivity index (χ3v) is 5.30. The molecule has 0 aliphatic carbocycles. The van der Waals surface area contributed by atoms with Crippen LogP contribution in [0.3, 0.4) is 0 Å². The molecule has 7 heteroatoms. The summed E-state index contributed by atoms with van der Waals surface area (Å²) in [5, 5.41) is 3.70. The number of fused-ring (bicyclic) bond motifs is 2. The highest BCUT2D eigenvalue weighted by molar-refractivity contribution is 5.98. The fourth-order valence-corrected chi connectivity index (χ4v) is 3.82. The van der Waals surface area contributed by atoms with E-state index in [0.29, 0.717) is 28.0 Å². The molecule has 0 saturated carbocycles. The Bertz CT molecular complexity index is 1160. The van der Waals surface area contributed by atoms with Gasteiger partial charge >= 0.3 is 0 Å². The lowest BCUT2D eigenvalue weighted by molar-refractivity contribution is 0.233. The minimum absolute atomic E-state index is 0.333. The van der Waals surface area contributed by atoms with Crippen molar-refractivity contribution in [1.29, 1.82) is 0 Å². The highest BCUT2D eigenvalue weighted by Gasteiger charge is 2.15. The largest absolute Gasteiger partial charge is 0.397 e. The molecule has 142 valence electrons. The number of nitrogen functional groups attached to an aromatic ring is 1. The van der Waals surface area contributed by atoms with Crippen molar-refractivity contribution in [2.24, 2.45) is 0 Å². The number of nitrogens with zero attached hydrogens (tertiary/aromatic N) is 3. The molecular weight excluding hydrogens is 355 g/mol. The van der Waals surface area contributed by atoms with Crippen molar-refractivity contribution in [2.45, 2.75) is 6.54 Å². The Balaban J connectivity index is 1.52. The molecule has 0 amide bonds. The third-order valence-electron chi connectivity index (χ3n) is 5.30. The van der Waals surface area contributed by atoms with Gasteiger partial charge in [0.2, 0.25) is 0 Å². The van der Waals surface area contributed by atoms with Crippen LogP contribution in [-0.2, 0) is 6.54 Å². The fraction of sp³-hybridized carbons (Fsp3) is 0.238. The number of hydrogen-bond acceptors (Lipinski definition) is 5. The molecule has 0 atom stereocenters. The van der Waals surface area contributed by atoms with Crippen molar-refractivity contribution in [3.8, 4) is 11.4 Å². The number of rotatable bonds is 3. The van der Waals surface area contributed by atoms with Gasteiger partial charge in [-0.2, -0.15) is 0 Å². The second-order valence-corrected chi connectivity index (χ2v) is 7.18. The minimum Gasteiger partial charge on any atom is -0.397 e. The Labute approximate surface area is 161 Å². The standard InChI is InChI=1S/C21H21FN6/c22-15-2-1-3-17-19(15)20(23)14(11-25-17)21-26-16-5-4-13(10-18(16)27-21)12-28-8-6-24-7-9-28/h1-5,10-11,24H,6-9,12H2,(H2,23,25)(H,26,27). The molecule has 1 fully saturated rings. The number of aromatic nitrogens is 3. The second-order valence-electron chi connectivity index (χ2n) is 7.18. The smallest absolute Gasteiger partial charge is 0.142 e. The number of nitrogens with one attached hydrogen (secondary N) is 2. The maximum absolute atomic E-state index is 14.3. The summed E-state index contributed by atoms with van der Waals surface area (Å²) in [5.74, 6) is 0.225. The predicted molar refractivity (Wildman–Crippen MR) is 109 cm³/mol. The van der Waals surface area contributed by atoms with E-state index in [0.717, 1.165) is 43.8 Å². The van der Waals surface area contributed by atoms with Crippen LogP contribution in [0, 0.1) is 5.82 Å². The van der Waals surface area contributed by atoms with Gasteiger partial charge < -0.3 is 16.0 Å². The van der Waals surface area contributed by atoms with Crippen molar-refractivity contribution in [2.75, 3.05) is 31.9 Å². The lowest BCUT2D eigenvalue weighted by Gasteiger charge is -2.27. The van der Waals surface area contributed by atoms with Crippen molar-refractivity contribution < 1.29 is 4.39 Å². The van der Waals surface area contributed by atoms with Crippen LogP contribution in [0.2, 0.25) is 0 Å². The quantitative estimate of drug-likeness (QED) is 0.512. The van der Waals surface area contributed by atoms with E-state index in [2.05, 4.69) is 37.3 Å². The van der Waals surface area contributed by atoms with Crippen molar-refractivity contribution in [3.63, 3.8) is 0 Å². The zero-order valence-electron chi connectivity index (χ0n) is 15.4. The monoisotopic (exact) mass is 376 g/mol. The summed E-state index contributed by atoms with van der Waals surface area (Å²) in [6.07, 6.45) is 1.65. The van der Waals surface area contributed by atoms with Crippen LogP contribution < -0.4 is 11.1 Å². The molecule has 4 aromatic rings. The summed E-state index contributed by atoms with van der Waals surface area (Å²) < 4.78 is 14.3. The summed E-state index contributed by atoms with van der Waals surface area (Å²) >= 11 is 0. The number of benzene rings is 2. The van der Waals surface area contributed by atoms with Gasteiger partial charge in [0, 0.05) is 38.9 Å². The number of piperazine rings is 1. The summed E-state index contributed by atoms with van der Waals surface area (Å²) in [4.78, 5) is 14.8. The number of hydrogen-bond donors (Lipinski definition) is 3. The van der Waals surface area contributed by atoms with Gasteiger partial charge in [0.15, 0.2) is 0 Å². The number of halogens is 1. The summed E-state index contributed by atoms with van der Waals surface area (Å²) in [5.41, 5.74) is 10.8. The van der Waals surface area contributed by atoms with Crippen LogP contribution in [0.5, 0.6) is 0 Å². The highest BCUT2D eigenvalue weighted by Crippen LogP contribution is 2.32. The van der Waals surface area contributed by atoms with E-state index in [1.165, 1.54) is 11.6 Å². The molecule has 0 bridgehead atoms. The molecule has 1 aliphatic heterocycles. The topological polar surface area (TPSA) is 82.9 Å². The molecule has 28 heavy (non-hydrogen) atoms. The molecule has 0 spiro atoms. The van der Waals surface area contributed by atoms with E-state index in [1.807, 2.05) is 6.07 Å². The Kier molecular flexibility index (Phi) is 4.18. The Hall–Kier alpha value is -3.03.